The Morgan fingerprint density at radius 2 is 2.00 bits per heavy atom. The molecule has 0 aliphatic heterocycles. The second kappa shape index (κ2) is 11.3. The summed E-state index contributed by atoms with van der Waals surface area (Å²) < 4.78 is 50.2. The molecule has 0 saturated carbocycles. The average Bonchev–Trinajstić information content (AvgIpc) is 3.15. The van der Waals surface area contributed by atoms with Crippen LogP contribution in [0.25, 0.3) is 5.65 Å². The van der Waals surface area contributed by atoms with Crippen molar-refractivity contribution < 1.29 is 27.2 Å². The van der Waals surface area contributed by atoms with E-state index in [1.165, 1.54) is 10.7 Å². The van der Waals surface area contributed by atoms with Gasteiger partial charge in [0.15, 0.2) is 5.65 Å². The minimum atomic E-state index is -4.39. The number of fused-ring (bicyclic) bond motifs is 1. The lowest BCUT2D eigenvalue weighted by Crippen LogP contribution is -2.40. The summed E-state index contributed by atoms with van der Waals surface area (Å²) in [5.74, 6) is 4.40. The van der Waals surface area contributed by atoms with E-state index in [0.717, 1.165) is 11.2 Å². The van der Waals surface area contributed by atoms with Crippen molar-refractivity contribution in [2.45, 2.75) is 38.5 Å². The van der Waals surface area contributed by atoms with Gasteiger partial charge in [0, 0.05) is 25.7 Å². The third-order valence-electron chi connectivity index (χ3n) is 4.21. The molecule has 0 radical (unpaired) electrons. The fourth-order valence-electron chi connectivity index (χ4n) is 2.60. The second-order valence-electron chi connectivity index (χ2n) is 6.76. The number of rotatable bonds is 11. The lowest BCUT2D eigenvalue weighted by Gasteiger charge is -2.20. The van der Waals surface area contributed by atoms with Gasteiger partial charge in [0.2, 0.25) is 5.91 Å². The van der Waals surface area contributed by atoms with Crippen LogP contribution in [0.3, 0.4) is 0 Å². The molecule has 0 unspecified atom stereocenters. The van der Waals surface area contributed by atoms with Crippen LogP contribution in [0.1, 0.15) is 30.5 Å². The van der Waals surface area contributed by atoms with Crippen molar-refractivity contribution in [1.29, 1.82) is 0 Å². The van der Waals surface area contributed by atoms with E-state index in [1.807, 2.05) is 0 Å². The average molecular weight is 460 g/mol. The molecule has 0 saturated heterocycles. The molecule has 0 spiro atoms. The van der Waals surface area contributed by atoms with Gasteiger partial charge in [-0.15, -0.1) is 0 Å². The molecule has 2 rings (SSSR count). The maximum Gasteiger partial charge on any atom is 0.389 e. The summed E-state index contributed by atoms with van der Waals surface area (Å²) in [5, 5.41) is 10.2. The van der Waals surface area contributed by atoms with E-state index in [2.05, 4.69) is 20.7 Å². The van der Waals surface area contributed by atoms with Crippen molar-refractivity contribution in [1.82, 2.24) is 30.2 Å². The van der Waals surface area contributed by atoms with E-state index in [4.69, 9.17) is 11.6 Å². The summed E-state index contributed by atoms with van der Waals surface area (Å²) >= 11 is 0. The first kappa shape index (κ1) is 24.8. The van der Waals surface area contributed by atoms with E-state index in [-0.39, 0.29) is 31.8 Å². The third kappa shape index (κ3) is 7.68. The van der Waals surface area contributed by atoms with Crippen LogP contribution in [0.5, 0.6) is 0 Å². The number of carbonyl (C=O) groups excluding carboxylic acids is 2. The molecule has 2 aromatic rings. The first-order valence-corrected chi connectivity index (χ1v) is 9.58. The zero-order valence-corrected chi connectivity index (χ0v) is 17.0. The highest BCUT2D eigenvalue weighted by Crippen LogP contribution is 2.21. The highest BCUT2D eigenvalue weighted by Gasteiger charge is 2.27. The molecule has 0 aliphatic rings. The highest BCUT2D eigenvalue weighted by molar-refractivity contribution is 5.92. The maximum absolute atomic E-state index is 12.3. The van der Waals surface area contributed by atoms with Crippen LogP contribution in [-0.4, -0.2) is 50.8 Å². The quantitative estimate of drug-likeness (QED) is 0.167. The minimum absolute atomic E-state index is 0.00497. The highest BCUT2D eigenvalue weighted by atomic mass is 19.4. The van der Waals surface area contributed by atoms with Crippen LogP contribution in [0.2, 0.25) is 0 Å². The SMILES string of the molecule is N/C=C(/C(=O)NCc1cn2ncc(CNC(=O)CCC(F)(F)F)cc2n1)N(N)CCCF. The number of carbonyl (C=O) groups is 2. The van der Waals surface area contributed by atoms with Gasteiger partial charge in [-0.25, -0.2) is 15.3 Å². The van der Waals surface area contributed by atoms with Crippen molar-refractivity contribution in [3.8, 4) is 0 Å². The third-order valence-corrected chi connectivity index (χ3v) is 4.21. The molecule has 0 aliphatic carbocycles. The monoisotopic (exact) mass is 460 g/mol. The largest absolute Gasteiger partial charge is 0.403 e. The standard InChI is InChI=1S/C18H24F4N8O2/c19-4-1-5-29(24)14(7-23)17(32)26-10-13-11-30-15(28-13)6-12(9-27-30)8-25-16(31)2-3-18(20,21)22/h6-7,9,11H,1-5,8,10,23-24H2,(H,25,31)(H,26,32)/b14-7-. The van der Waals surface area contributed by atoms with E-state index in [1.54, 1.807) is 12.3 Å². The lowest BCUT2D eigenvalue weighted by atomic mass is 10.2. The zero-order valence-electron chi connectivity index (χ0n) is 17.0. The van der Waals surface area contributed by atoms with Gasteiger partial charge < -0.3 is 21.4 Å². The molecule has 2 amide bonds. The fourth-order valence-corrected chi connectivity index (χ4v) is 2.60. The Balaban J connectivity index is 1.92. The minimum Gasteiger partial charge on any atom is -0.403 e. The van der Waals surface area contributed by atoms with Gasteiger partial charge in [-0.05, 0) is 18.1 Å². The predicted molar refractivity (Wildman–Crippen MR) is 106 cm³/mol. The molecule has 0 aromatic carbocycles. The Morgan fingerprint density at radius 3 is 2.66 bits per heavy atom. The molecule has 2 heterocycles. The van der Waals surface area contributed by atoms with Crippen LogP contribution in [-0.2, 0) is 22.7 Å². The molecular formula is C18H24F4N8O2. The molecule has 0 atom stereocenters. The molecule has 2 aromatic heterocycles. The first-order chi connectivity index (χ1) is 15.1. The molecule has 10 nitrogen and oxygen atoms in total. The van der Waals surface area contributed by atoms with Gasteiger partial charge in [-0.1, -0.05) is 0 Å². The maximum atomic E-state index is 12.3. The van der Waals surface area contributed by atoms with Crippen molar-refractivity contribution in [2.75, 3.05) is 13.2 Å². The summed E-state index contributed by atoms with van der Waals surface area (Å²) in [7, 11) is 0. The summed E-state index contributed by atoms with van der Waals surface area (Å²) in [6.45, 7) is -0.448. The smallest absolute Gasteiger partial charge is 0.389 e. The van der Waals surface area contributed by atoms with E-state index < -0.39 is 37.5 Å². The number of imidazole rings is 1. The topological polar surface area (TPSA) is 144 Å². The molecule has 32 heavy (non-hydrogen) atoms. The number of hydrogen-bond donors (Lipinski definition) is 4. The predicted octanol–water partition coefficient (Wildman–Crippen LogP) is 0.640. The summed E-state index contributed by atoms with van der Waals surface area (Å²) in [6.07, 6.45) is -2.07. The second-order valence-corrected chi connectivity index (χ2v) is 6.76. The van der Waals surface area contributed by atoms with Crippen LogP contribution >= 0.6 is 0 Å². The number of alkyl halides is 4. The number of nitrogens with two attached hydrogens (primary N) is 2. The van der Waals surface area contributed by atoms with Crippen LogP contribution in [0, 0.1) is 0 Å². The lowest BCUT2D eigenvalue weighted by molar-refractivity contribution is -0.144. The Hall–Kier alpha value is -3.42. The number of nitrogens with zero attached hydrogens (tertiary/aromatic N) is 4. The molecule has 176 valence electrons. The van der Waals surface area contributed by atoms with Crippen LogP contribution in [0.4, 0.5) is 17.6 Å². The number of halogens is 4. The molecule has 0 fully saturated rings. The first-order valence-electron chi connectivity index (χ1n) is 9.58. The Morgan fingerprint density at radius 1 is 1.25 bits per heavy atom. The van der Waals surface area contributed by atoms with Crippen molar-refractivity contribution >= 4 is 17.5 Å². The normalized spacial score (nSPS) is 12.1. The molecular weight excluding hydrogens is 436 g/mol. The fraction of sp³-hybridized carbons (Fsp3) is 0.444. The Kier molecular flexibility index (Phi) is 8.75. The van der Waals surface area contributed by atoms with Gasteiger partial charge in [0.05, 0.1) is 37.7 Å². The zero-order chi connectivity index (χ0) is 23.7. The van der Waals surface area contributed by atoms with Gasteiger partial charge >= 0.3 is 6.18 Å². The van der Waals surface area contributed by atoms with Gasteiger partial charge in [0.1, 0.15) is 5.70 Å². The summed E-state index contributed by atoms with van der Waals surface area (Å²) in [4.78, 5) is 28.1. The van der Waals surface area contributed by atoms with Crippen molar-refractivity contribution in [2.24, 2.45) is 11.6 Å². The molecule has 14 heteroatoms. The number of hydrogen-bond acceptors (Lipinski definition) is 7. The molecule has 6 N–H and O–H groups in total. The Bertz CT molecular complexity index is 960. The van der Waals surface area contributed by atoms with Crippen LogP contribution in [0.15, 0.2) is 30.4 Å². The van der Waals surface area contributed by atoms with Gasteiger partial charge in [0.25, 0.3) is 5.91 Å². The van der Waals surface area contributed by atoms with E-state index in [9.17, 15) is 27.2 Å². The number of aromatic nitrogens is 3. The van der Waals surface area contributed by atoms with Gasteiger partial charge in [-0.3, -0.25) is 14.0 Å². The Labute approximate surface area is 180 Å². The van der Waals surface area contributed by atoms with E-state index >= 15 is 0 Å². The summed E-state index contributed by atoms with van der Waals surface area (Å²) in [5.41, 5.74) is 6.82. The van der Waals surface area contributed by atoms with Gasteiger partial charge in [-0.2, -0.15) is 18.3 Å². The number of hydrazine groups is 1. The van der Waals surface area contributed by atoms with E-state index in [0.29, 0.717) is 16.9 Å². The molecule has 0 bridgehead atoms. The number of amides is 2. The van der Waals surface area contributed by atoms with Crippen molar-refractivity contribution in [3.05, 3.63) is 41.6 Å². The number of nitrogens with one attached hydrogen (secondary N) is 2. The van der Waals surface area contributed by atoms with Crippen molar-refractivity contribution in [3.63, 3.8) is 0 Å². The van der Waals surface area contributed by atoms with Crippen LogP contribution < -0.4 is 22.2 Å². The summed E-state index contributed by atoms with van der Waals surface area (Å²) in [6, 6.07) is 1.60.